The minimum atomic E-state index is -3.02. The Bertz CT molecular complexity index is 1450. The van der Waals surface area contributed by atoms with Crippen LogP contribution in [0, 0.1) is 0 Å². The maximum atomic E-state index is 13.3. The van der Waals surface area contributed by atoms with Gasteiger partial charge >= 0.3 is 6.61 Å². The van der Waals surface area contributed by atoms with Crippen LogP contribution in [0.15, 0.2) is 47.5 Å². The summed E-state index contributed by atoms with van der Waals surface area (Å²) in [6.45, 7) is 12.4. The number of hydrogen-bond donors (Lipinski definition) is 1. The summed E-state index contributed by atoms with van der Waals surface area (Å²) in [5, 5.41) is 7.10. The van der Waals surface area contributed by atoms with Crippen LogP contribution in [0.3, 0.4) is 0 Å². The van der Waals surface area contributed by atoms with Gasteiger partial charge in [0.2, 0.25) is 0 Å². The van der Waals surface area contributed by atoms with E-state index in [4.69, 9.17) is 4.74 Å². The number of carbonyl (C=O) groups excluding carboxylic acids is 1. The number of anilines is 1. The molecule has 3 heterocycles. The number of halogens is 2. The lowest BCUT2D eigenvalue weighted by atomic mass is 9.93. The number of ether oxygens (including phenoxy) is 2. The van der Waals surface area contributed by atoms with E-state index < -0.39 is 6.61 Å². The van der Waals surface area contributed by atoms with Gasteiger partial charge in [0.1, 0.15) is 5.69 Å². The Hall–Kier alpha value is -3.57. The van der Waals surface area contributed by atoms with Crippen LogP contribution in [0.4, 0.5) is 13.9 Å². The number of carbonyl (C=O) groups is 1. The predicted molar refractivity (Wildman–Crippen MR) is 151 cm³/mol. The number of rotatable bonds is 8. The van der Waals surface area contributed by atoms with E-state index in [9.17, 15) is 13.6 Å². The van der Waals surface area contributed by atoms with Crippen LogP contribution in [0.2, 0.25) is 0 Å². The molecule has 7 nitrogen and oxygen atoms in total. The molecule has 1 aromatic carbocycles. The topological polar surface area (TPSA) is 77.8 Å². The van der Waals surface area contributed by atoms with Crippen molar-refractivity contribution >= 4 is 50.8 Å². The largest absolute Gasteiger partial charge is 0.458 e. The number of nitrogens with one attached hydrogen (secondary N) is 1. The number of fused-ring (bicyclic) bond motifs is 1. The molecule has 0 atom stereocenters. The lowest BCUT2D eigenvalue weighted by Gasteiger charge is -2.14. The van der Waals surface area contributed by atoms with Crippen molar-refractivity contribution in [3.05, 3.63) is 70.1 Å². The van der Waals surface area contributed by atoms with E-state index in [2.05, 4.69) is 47.4 Å². The van der Waals surface area contributed by atoms with Crippen LogP contribution < -0.4 is 14.8 Å². The molecule has 4 aromatic rings. The summed E-state index contributed by atoms with van der Waals surface area (Å²) in [5.41, 5.74) is 1.91. The van der Waals surface area contributed by atoms with Gasteiger partial charge < -0.3 is 9.47 Å². The molecule has 0 saturated carbocycles. The second-order valence-electron chi connectivity index (χ2n) is 8.83. The van der Waals surface area contributed by atoms with Crippen LogP contribution in [0.5, 0.6) is 11.5 Å². The number of aromatic nitrogens is 3. The highest BCUT2D eigenvalue weighted by Gasteiger charge is 2.22. The van der Waals surface area contributed by atoms with Gasteiger partial charge in [-0.25, -0.2) is 9.97 Å². The molecule has 11 heteroatoms. The maximum Gasteiger partial charge on any atom is 0.387 e. The number of nitrogens with zero attached hydrogens (tertiary/aromatic N) is 3. The van der Waals surface area contributed by atoms with E-state index in [-0.39, 0.29) is 22.8 Å². The lowest BCUT2D eigenvalue weighted by Crippen LogP contribution is -2.16. The van der Waals surface area contributed by atoms with Crippen LogP contribution in [-0.2, 0) is 5.41 Å². The number of thiazole rings is 2. The number of alkyl halides is 2. The molecular weight excluding hydrogens is 530 g/mol. The molecule has 0 aliphatic rings. The normalized spacial score (nSPS) is 11.5. The summed E-state index contributed by atoms with van der Waals surface area (Å²) in [7, 11) is 0. The highest BCUT2D eigenvalue weighted by molar-refractivity contribution is 7.15. The predicted octanol–water partition coefficient (Wildman–Crippen LogP) is 8.11. The van der Waals surface area contributed by atoms with Gasteiger partial charge in [-0.1, -0.05) is 53.3 Å². The van der Waals surface area contributed by atoms with Gasteiger partial charge in [-0.15, -0.1) is 22.7 Å². The van der Waals surface area contributed by atoms with Gasteiger partial charge in [0.15, 0.2) is 21.6 Å². The summed E-state index contributed by atoms with van der Waals surface area (Å²) in [4.78, 5) is 23.0. The molecule has 38 heavy (non-hydrogen) atoms. The third-order valence-electron chi connectivity index (χ3n) is 4.92. The summed E-state index contributed by atoms with van der Waals surface area (Å²) in [6, 6.07) is 4.62. The van der Waals surface area contributed by atoms with E-state index >= 15 is 0 Å². The van der Waals surface area contributed by atoms with Crippen LogP contribution in [-0.4, -0.2) is 26.9 Å². The zero-order valence-electron chi connectivity index (χ0n) is 22.0. The number of allylic oxidation sites excluding steroid dienone is 1. The van der Waals surface area contributed by atoms with Gasteiger partial charge in [0.25, 0.3) is 5.91 Å². The average Bonchev–Trinajstić information content (AvgIpc) is 3.56. The first-order valence-electron chi connectivity index (χ1n) is 11.8. The standard InChI is InChI=1S/C25H24F2N4O3S2.C2H6/c1-14(2)33-20-15(7-6-8-17(20)34-22(26)27)9-10-16-19(31-11-12-35-24(31)28-16)21(32)30-23-29-18(13-36-23)25(3,4)5;1-2/h6-13,22H,1H2,2-5H3,(H,29,30,32);1-2H3/b10-9+;. The van der Waals surface area contributed by atoms with Crippen molar-refractivity contribution in [1.82, 2.24) is 14.4 Å². The van der Waals surface area contributed by atoms with Crippen molar-refractivity contribution in [1.29, 1.82) is 0 Å². The number of amides is 1. The second kappa shape index (κ2) is 12.3. The molecule has 1 amide bonds. The zero-order valence-corrected chi connectivity index (χ0v) is 23.7. The molecule has 3 aromatic heterocycles. The third-order valence-corrected chi connectivity index (χ3v) is 6.43. The quantitative estimate of drug-likeness (QED) is 0.220. The molecule has 1 N–H and O–H groups in total. The Balaban J connectivity index is 0.00000195. The second-order valence-corrected chi connectivity index (χ2v) is 10.6. The molecular formula is C27H30F2N4O3S2. The van der Waals surface area contributed by atoms with Crippen molar-refractivity contribution < 1.29 is 23.0 Å². The van der Waals surface area contributed by atoms with Gasteiger partial charge in [0.05, 0.1) is 17.1 Å². The fourth-order valence-electron chi connectivity index (χ4n) is 3.28. The Morgan fingerprint density at radius 3 is 2.55 bits per heavy atom. The summed E-state index contributed by atoms with van der Waals surface area (Å²) >= 11 is 2.73. The van der Waals surface area contributed by atoms with Crippen LogP contribution in [0.25, 0.3) is 17.1 Å². The number of hydrogen-bond acceptors (Lipinski definition) is 7. The molecule has 0 aliphatic carbocycles. The first kappa shape index (κ1) is 29.0. The van der Waals surface area contributed by atoms with Crippen molar-refractivity contribution in [2.45, 2.75) is 53.6 Å². The molecule has 0 aliphatic heterocycles. The fraction of sp³-hybridized carbons (Fsp3) is 0.296. The first-order valence-corrected chi connectivity index (χ1v) is 13.6. The third kappa shape index (κ3) is 6.84. The van der Waals surface area contributed by atoms with Crippen LogP contribution >= 0.6 is 22.7 Å². The van der Waals surface area contributed by atoms with E-state index in [1.165, 1.54) is 28.7 Å². The average molecular weight is 561 g/mol. The Morgan fingerprint density at radius 1 is 1.18 bits per heavy atom. The number of para-hydroxylation sites is 1. The number of imidazole rings is 1. The highest BCUT2D eigenvalue weighted by atomic mass is 32.1. The summed E-state index contributed by atoms with van der Waals surface area (Å²) in [5.74, 6) is -0.109. The molecule has 4 rings (SSSR count). The Labute approximate surface area is 228 Å². The van der Waals surface area contributed by atoms with Crippen molar-refractivity contribution in [3.8, 4) is 11.5 Å². The van der Waals surface area contributed by atoms with E-state index in [1.54, 1.807) is 41.8 Å². The van der Waals surface area contributed by atoms with E-state index in [0.717, 1.165) is 5.69 Å². The molecule has 0 saturated heterocycles. The Kier molecular flexibility index (Phi) is 9.40. The molecule has 0 unspecified atom stereocenters. The molecule has 0 bridgehead atoms. The van der Waals surface area contributed by atoms with Crippen molar-refractivity contribution in [2.75, 3.05) is 5.32 Å². The number of benzene rings is 1. The minimum Gasteiger partial charge on any atom is -0.458 e. The van der Waals surface area contributed by atoms with E-state index in [1.807, 2.05) is 24.6 Å². The summed E-state index contributed by atoms with van der Waals surface area (Å²) < 4.78 is 37.7. The van der Waals surface area contributed by atoms with Gasteiger partial charge in [-0.2, -0.15) is 8.78 Å². The smallest absolute Gasteiger partial charge is 0.387 e. The monoisotopic (exact) mass is 560 g/mol. The van der Waals surface area contributed by atoms with Crippen LogP contribution in [0.1, 0.15) is 69.0 Å². The fourth-order valence-corrected chi connectivity index (χ4v) is 4.93. The lowest BCUT2D eigenvalue weighted by molar-refractivity contribution is -0.0511. The molecule has 202 valence electrons. The molecule has 0 fully saturated rings. The highest BCUT2D eigenvalue weighted by Crippen LogP contribution is 2.35. The van der Waals surface area contributed by atoms with Gasteiger partial charge in [-0.05, 0) is 25.1 Å². The molecule has 0 radical (unpaired) electrons. The van der Waals surface area contributed by atoms with Gasteiger partial charge in [0, 0.05) is 27.9 Å². The maximum absolute atomic E-state index is 13.3. The van der Waals surface area contributed by atoms with Crippen molar-refractivity contribution in [3.63, 3.8) is 0 Å². The zero-order chi connectivity index (χ0) is 28.0. The van der Waals surface area contributed by atoms with E-state index in [0.29, 0.717) is 32.8 Å². The van der Waals surface area contributed by atoms with Crippen molar-refractivity contribution in [2.24, 2.45) is 0 Å². The first-order chi connectivity index (χ1) is 18.0. The Morgan fingerprint density at radius 2 is 1.92 bits per heavy atom. The SMILES string of the molecule is C=C(C)Oc1c(/C=C/c2nc3sccn3c2C(=O)Nc2nc(C(C)(C)C)cs2)cccc1OC(F)F.CC. The van der Waals surface area contributed by atoms with Gasteiger partial charge in [-0.3, -0.25) is 14.5 Å². The summed E-state index contributed by atoms with van der Waals surface area (Å²) in [6.07, 6.45) is 5.01. The minimum absolute atomic E-state index is 0.0890. The molecule has 0 spiro atoms.